The van der Waals surface area contributed by atoms with Crippen LogP contribution >= 0.6 is 11.6 Å². The number of carbonyl (C=O) groups is 1. The highest BCUT2D eigenvalue weighted by Crippen LogP contribution is 2.68. The third-order valence-corrected chi connectivity index (χ3v) is 14.4. The van der Waals surface area contributed by atoms with Crippen LogP contribution in [-0.4, -0.2) is 63.9 Å². The van der Waals surface area contributed by atoms with Gasteiger partial charge in [-0.15, -0.1) is 0 Å². The summed E-state index contributed by atoms with van der Waals surface area (Å²) in [6.45, 7) is 0.444. The lowest BCUT2D eigenvalue weighted by Gasteiger charge is -2.24. The van der Waals surface area contributed by atoms with E-state index in [4.69, 9.17) is 16.6 Å². The number of rotatable bonds is 13. The van der Waals surface area contributed by atoms with Gasteiger partial charge in [0.05, 0.1) is 55.5 Å². The van der Waals surface area contributed by atoms with Crippen molar-refractivity contribution < 1.29 is 48.0 Å². The van der Waals surface area contributed by atoms with Crippen molar-refractivity contribution >= 4 is 65.0 Å². The van der Waals surface area contributed by atoms with Gasteiger partial charge in [-0.2, -0.15) is 19.0 Å². The molecule has 23 heteroatoms. The van der Waals surface area contributed by atoms with Crippen molar-refractivity contribution in [3.63, 3.8) is 0 Å². The zero-order chi connectivity index (χ0) is 47.4. The molecule has 2 aliphatic carbocycles. The first kappa shape index (κ1) is 44.9. The molecule has 9 rings (SSSR count). The fraction of sp³-hybridized carbons (Fsp3) is 0.279. The van der Waals surface area contributed by atoms with Crippen LogP contribution in [0.15, 0.2) is 82.5 Å². The van der Waals surface area contributed by atoms with Crippen LogP contribution in [0.1, 0.15) is 60.1 Å². The van der Waals surface area contributed by atoms with E-state index >= 15 is 13.6 Å². The molecule has 344 valence electrons. The van der Waals surface area contributed by atoms with Crippen molar-refractivity contribution in [2.75, 3.05) is 16.7 Å². The van der Waals surface area contributed by atoms with Gasteiger partial charge >= 0.3 is 0 Å². The van der Waals surface area contributed by atoms with Crippen molar-refractivity contribution in [1.82, 2.24) is 34.4 Å². The van der Waals surface area contributed by atoms with E-state index in [1.165, 1.54) is 55.1 Å². The molecule has 2 N–H and O–H groups in total. The largest absolute Gasteiger partial charge is 0.344 e. The summed E-state index contributed by atoms with van der Waals surface area (Å²) in [5.41, 5.74) is -2.41. The Balaban J connectivity index is 1.28. The molecule has 1 fully saturated rings. The van der Waals surface area contributed by atoms with Crippen molar-refractivity contribution in [2.45, 2.75) is 55.5 Å². The minimum absolute atomic E-state index is 0.00821. The van der Waals surface area contributed by atoms with Gasteiger partial charge in [-0.1, -0.05) is 42.8 Å². The predicted molar refractivity (Wildman–Crippen MR) is 231 cm³/mol. The number of halogens is 7. The number of carbonyl (C=O) groups excluding carboxylic acids is 1. The molecule has 3 atom stereocenters. The summed E-state index contributed by atoms with van der Waals surface area (Å²) in [4.78, 5) is 34.2. The third-order valence-electron chi connectivity index (χ3n) is 11.7. The zero-order valence-electron chi connectivity index (χ0n) is 34.7. The molecule has 0 unspecified atom stereocenters. The minimum atomic E-state index is -3.95. The Morgan fingerprint density at radius 3 is 2.38 bits per heavy atom. The molecule has 0 bridgehead atoms. The van der Waals surface area contributed by atoms with Crippen LogP contribution in [-0.2, 0) is 50.6 Å². The topological polar surface area (TPSA) is 180 Å². The molecule has 0 spiro atoms. The zero-order valence-corrected chi connectivity index (χ0v) is 37.0. The molecular weight excluding hydrogens is 938 g/mol. The Kier molecular flexibility index (Phi) is 10.9. The number of amides is 1. The number of anilines is 1. The summed E-state index contributed by atoms with van der Waals surface area (Å²) in [5.74, 6) is -9.62. The van der Waals surface area contributed by atoms with Gasteiger partial charge in [-0.05, 0) is 65.9 Å². The molecule has 1 saturated carbocycles. The molecule has 1 amide bonds. The van der Waals surface area contributed by atoms with Crippen molar-refractivity contribution in [2.24, 2.45) is 13.0 Å². The molecule has 3 aromatic heterocycles. The maximum atomic E-state index is 15.6. The number of benzene rings is 4. The molecule has 14 nitrogen and oxygen atoms in total. The van der Waals surface area contributed by atoms with Gasteiger partial charge in [-0.25, -0.2) is 39.4 Å². The summed E-state index contributed by atoms with van der Waals surface area (Å²) < 4.78 is 146. The van der Waals surface area contributed by atoms with E-state index in [9.17, 15) is 39.2 Å². The van der Waals surface area contributed by atoms with Crippen LogP contribution in [0.3, 0.4) is 0 Å². The second kappa shape index (κ2) is 16.0. The maximum absolute atomic E-state index is 15.6. The fourth-order valence-corrected chi connectivity index (χ4v) is 10.7. The lowest BCUT2D eigenvalue weighted by Crippen LogP contribution is -2.38. The SMILES string of the molecule is CCS(=O)(=O)c1ccccc1-c1ccc2c(=O)n(-c3ccc(Cl)c4c(NS(C)(=O)=O)nn(C)c34)c([C@H](Cc3cc(F)cc(F)c3)NC(=O)Cn3nc(C(F)F)c4c3C(F)(F)[C@@H]3C[C@H]43)nc2c1. The number of sulfone groups is 1. The summed E-state index contributed by atoms with van der Waals surface area (Å²) in [6, 6.07) is 14.0. The van der Waals surface area contributed by atoms with E-state index in [2.05, 4.69) is 20.2 Å². The first-order valence-electron chi connectivity index (χ1n) is 20.1. The summed E-state index contributed by atoms with van der Waals surface area (Å²) in [6.07, 6.45) is -2.92. The normalized spacial score (nSPS) is 17.0. The first-order valence-corrected chi connectivity index (χ1v) is 24.0. The highest BCUT2D eigenvalue weighted by molar-refractivity contribution is 7.92. The second-order valence-corrected chi connectivity index (χ2v) is 20.6. The summed E-state index contributed by atoms with van der Waals surface area (Å²) >= 11 is 6.64. The Morgan fingerprint density at radius 1 is 0.985 bits per heavy atom. The van der Waals surface area contributed by atoms with Crippen molar-refractivity contribution in [3.05, 3.63) is 128 Å². The Labute approximate surface area is 376 Å². The molecule has 3 heterocycles. The fourth-order valence-electron chi connectivity index (χ4n) is 8.88. The highest BCUT2D eigenvalue weighted by atomic mass is 35.5. The standard InChI is InChI=1S/C43H35ClF6N8O6S2/c1-4-66(63,64)32-8-6-5-7-24(32)21-9-10-25-29(16-21)52-41(58(42(25)60)31-12-11-28(44)35-37(31)56(2)54-40(35)55-65(3,61)62)30(15-20-13-22(45)17-23(46)14-20)51-33(59)19-57-38-34(36(53-57)39(47)48)26-18-27(26)43(38,49)50/h5-14,16-17,26-27,30,39H,4,15,18-19H2,1-3H3,(H,51,59)(H,54,55)/t26-,27+,30-/m0/s1. The van der Waals surface area contributed by atoms with E-state index in [-0.39, 0.29) is 77.9 Å². The summed E-state index contributed by atoms with van der Waals surface area (Å²) in [5, 5.41) is 10.6. The molecule has 2 aliphatic rings. The second-order valence-electron chi connectivity index (χ2n) is 16.2. The molecule has 7 aromatic rings. The predicted octanol–water partition coefficient (Wildman–Crippen LogP) is 7.48. The number of nitrogens with one attached hydrogen (secondary N) is 2. The van der Waals surface area contributed by atoms with Crippen LogP contribution in [0, 0.1) is 17.6 Å². The van der Waals surface area contributed by atoms with E-state index in [1.807, 2.05) is 0 Å². The lowest BCUT2D eigenvalue weighted by molar-refractivity contribution is -0.123. The van der Waals surface area contributed by atoms with Crippen LogP contribution in [0.4, 0.5) is 32.2 Å². The van der Waals surface area contributed by atoms with Crippen molar-refractivity contribution in [3.8, 4) is 16.8 Å². The van der Waals surface area contributed by atoms with Crippen LogP contribution in [0.5, 0.6) is 0 Å². The third kappa shape index (κ3) is 7.76. The number of aryl methyl sites for hydroxylation is 1. The van der Waals surface area contributed by atoms with Crippen LogP contribution in [0.2, 0.25) is 5.02 Å². The quantitative estimate of drug-likeness (QED) is 0.111. The van der Waals surface area contributed by atoms with Crippen molar-refractivity contribution in [1.29, 1.82) is 0 Å². The van der Waals surface area contributed by atoms with E-state index < -0.39 is 97.5 Å². The minimum Gasteiger partial charge on any atom is -0.344 e. The number of hydrogen-bond acceptors (Lipinski definition) is 9. The molecule has 0 saturated heterocycles. The van der Waals surface area contributed by atoms with Gasteiger partial charge in [0.1, 0.15) is 35.4 Å². The Bertz CT molecular complexity index is 3470. The first-order chi connectivity index (χ1) is 31.1. The average molecular weight is 973 g/mol. The Hall–Kier alpha value is -6.26. The maximum Gasteiger partial charge on any atom is 0.293 e. The molecule has 4 aromatic carbocycles. The lowest BCUT2D eigenvalue weighted by atomic mass is 10.0. The number of sulfonamides is 1. The van der Waals surface area contributed by atoms with E-state index in [1.54, 1.807) is 18.2 Å². The van der Waals surface area contributed by atoms with E-state index in [0.29, 0.717) is 16.3 Å². The number of aromatic nitrogens is 6. The Morgan fingerprint density at radius 2 is 1.70 bits per heavy atom. The van der Waals surface area contributed by atoms with Gasteiger partial charge in [0.15, 0.2) is 15.7 Å². The monoisotopic (exact) mass is 972 g/mol. The molecule has 0 radical (unpaired) electrons. The number of nitrogens with zero attached hydrogens (tertiary/aromatic N) is 6. The molecule has 66 heavy (non-hydrogen) atoms. The van der Waals surface area contributed by atoms with Gasteiger partial charge < -0.3 is 5.32 Å². The highest BCUT2D eigenvalue weighted by Gasteiger charge is 2.67. The van der Waals surface area contributed by atoms with Crippen LogP contribution in [0.25, 0.3) is 38.6 Å². The smallest absolute Gasteiger partial charge is 0.293 e. The van der Waals surface area contributed by atoms with Gasteiger partial charge in [0.25, 0.3) is 17.9 Å². The number of hydrogen-bond donors (Lipinski definition) is 2. The average Bonchev–Trinajstić information content (AvgIpc) is 3.78. The molecular formula is C43H35ClF6N8O6S2. The number of alkyl halides is 4. The van der Waals surface area contributed by atoms with Gasteiger partial charge in [0, 0.05) is 36.6 Å². The van der Waals surface area contributed by atoms with Gasteiger partial charge in [-0.3, -0.25) is 28.2 Å². The van der Waals surface area contributed by atoms with Gasteiger partial charge in [0.2, 0.25) is 15.9 Å². The van der Waals surface area contributed by atoms with Crippen LogP contribution < -0.4 is 15.6 Å². The van der Waals surface area contributed by atoms with E-state index in [0.717, 1.165) is 23.0 Å². The molecule has 0 aliphatic heterocycles. The summed E-state index contributed by atoms with van der Waals surface area (Å²) in [7, 11) is -6.32. The number of fused-ring (bicyclic) bond motifs is 5.